The van der Waals surface area contributed by atoms with Crippen LogP contribution in [0.1, 0.15) is 0 Å². The smallest absolute Gasteiger partial charge is 0.178 e. The maximum atomic E-state index is 13.4. The van der Waals surface area contributed by atoms with E-state index in [4.69, 9.17) is 28.6 Å². The molecule has 1 heterocycles. The van der Waals surface area contributed by atoms with E-state index in [1.165, 1.54) is 6.07 Å². The van der Waals surface area contributed by atoms with Gasteiger partial charge in [0.25, 0.3) is 0 Å². The Labute approximate surface area is 127 Å². The predicted octanol–water partition coefficient (Wildman–Crippen LogP) is 3.07. The Morgan fingerprint density at radius 2 is 2.15 bits per heavy atom. The Kier molecular flexibility index (Phi) is 5.15. The molecular weight excluding hydrogens is 301 g/mol. The van der Waals surface area contributed by atoms with Crippen molar-refractivity contribution in [1.29, 1.82) is 0 Å². The largest absolute Gasteiger partial charge is 0.378 e. The minimum Gasteiger partial charge on any atom is -0.378 e. The number of benzene rings is 1. The maximum Gasteiger partial charge on any atom is 0.178 e. The number of rotatable bonds is 6. The van der Waals surface area contributed by atoms with E-state index in [-0.39, 0.29) is 5.02 Å². The van der Waals surface area contributed by atoms with Crippen LogP contribution in [0.5, 0.6) is 0 Å². The summed E-state index contributed by atoms with van der Waals surface area (Å²) in [5, 5.41) is 0.0915. The third-order valence-electron chi connectivity index (χ3n) is 2.96. The topological polar surface area (TPSA) is 33.2 Å². The first kappa shape index (κ1) is 15.4. The minimum atomic E-state index is -0.454. The monoisotopic (exact) mass is 317 g/mol. The second kappa shape index (κ2) is 6.67. The Hall–Kier alpha value is -0.950. The molecule has 0 bridgehead atoms. The molecule has 0 spiro atoms. The third-order valence-corrected chi connectivity index (χ3v) is 3.57. The van der Waals surface area contributed by atoms with Crippen molar-refractivity contribution in [2.24, 2.45) is 0 Å². The summed E-state index contributed by atoms with van der Waals surface area (Å²) in [6.07, 6.45) is 0. The number of likely N-dealkylation sites (N-methyl/N-ethyl adjacent to an activating group) is 1. The molecule has 0 unspecified atom stereocenters. The number of halogens is 2. The van der Waals surface area contributed by atoms with Crippen LogP contribution in [0.15, 0.2) is 12.1 Å². The lowest BCUT2D eigenvalue weighted by Crippen LogP contribution is -2.19. The molecule has 0 fully saturated rings. The molecule has 110 valence electrons. The Bertz CT molecular complexity index is 653. The van der Waals surface area contributed by atoms with Crippen LogP contribution in [0.2, 0.25) is 5.02 Å². The van der Waals surface area contributed by atoms with Gasteiger partial charge in [0.05, 0.1) is 29.3 Å². The Morgan fingerprint density at radius 3 is 2.85 bits per heavy atom. The van der Waals surface area contributed by atoms with Crippen LogP contribution < -0.4 is 0 Å². The highest BCUT2D eigenvalue weighted by atomic mass is 35.5. The molecule has 0 atom stereocenters. The van der Waals surface area contributed by atoms with Crippen molar-refractivity contribution in [2.75, 3.05) is 33.9 Å². The van der Waals surface area contributed by atoms with Crippen molar-refractivity contribution in [3.8, 4) is 0 Å². The molecule has 1 N–H and O–H groups in total. The number of aromatic nitrogens is 2. The van der Waals surface area contributed by atoms with Gasteiger partial charge in [-0.15, -0.1) is 0 Å². The number of nitrogens with one attached hydrogen (secondary N) is 1. The van der Waals surface area contributed by atoms with Crippen LogP contribution in [-0.2, 0) is 11.3 Å². The first-order valence-electron chi connectivity index (χ1n) is 6.29. The average Bonchev–Trinajstić information content (AvgIpc) is 2.65. The summed E-state index contributed by atoms with van der Waals surface area (Å²) in [6.45, 7) is 2.69. The number of imidazole rings is 1. The molecule has 0 aliphatic carbocycles. The van der Waals surface area contributed by atoms with Gasteiger partial charge in [0, 0.05) is 19.2 Å². The molecule has 7 heteroatoms. The van der Waals surface area contributed by atoms with E-state index in [0.717, 1.165) is 12.1 Å². The van der Waals surface area contributed by atoms with Crippen molar-refractivity contribution in [2.45, 2.75) is 6.54 Å². The van der Waals surface area contributed by atoms with Gasteiger partial charge < -0.3 is 19.2 Å². The molecule has 0 amide bonds. The molecule has 0 aliphatic rings. The van der Waals surface area contributed by atoms with Crippen molar-refractivity contribution in [3.05, 3.63) is 27.7 Å². The summed E-state index contributed by atoms with van der Waals surface area (Å²) < 4.78 is 21.3. The quantitative estimate of drug-likeness (QED) is 0.656. The van der Waals surface area contributed by atoms with E-state index >= 15 is 0 Å². The van der Waals surface area contributed by atoms with Crippen LogP contribution >= 0.6 is 23.8 Å². The highest BCUT2D eigenvalue weighted by Gasteiger charge is 2.08. The predicted molar refractivity (Wildman–Crippen MR) is 81.5 cm³/mol. The minimum absolute atomic E-state index is 0.0915. The second-order valence-electron chi connectivity index (χ2n) is 4.78. The van der Waals surface area contributed by atoms with Gasteiger partial charge in [0.15, 0.2) is 4.77 Å². The van der Waals surface area contributed by atoms with E-state index in [0.29, 0.717) is 30.0 Å². The van der Waals surface area contributed by atoms with Crippen molar-refractivity contribution in [1.82, 2.24) is 14.5 Å². The van der Waals surface area contributed by atoms with Crippen molar-refractivity contribution in [3.63, 3.8) is 0 Å². The summed E-state index contributed by atoms with van der Waals surface area (Å²) in [4.78, 5) is 5.03. The van der Waals surface area contributed by atoms with Crippen LogP contribution in [0.3, 0.4) is 0 Å². The highest BCUT2D eigenvalue weighted by Crippen LogP contribution is 2.22. The van der Waals surface area contributed by atoms with Crippen LogP contribution in [0, 0.1) is 10.6 Å². The summed E-state index contributed by atoms with van der Waals surface area (Å²) in [5.74, 6) is -0.454. The Morgan fingerprint density at radius 1 is 1.40 bits per heavy atom. The molecule has 1 aromatic carbocycles. The molecular formula is C13H17ClFN3OS. The van der Waals surface area contributed by atoms with Gasteiger partial charge in [-0.3, -0.25) is 0 Å². The molecule has 2 aromatic rings. The summed E-state index contributed by atoms with van der Waals surface area (Å²) in [6, 6.07) is 2.94. The van der Waals surface area contributed by atoms with Gasteiger partial charge >= 0.3 is 0 Å². The number of fused-ring (bicyclic) bond motifs is 1. The SMILES string of the molecule is CN(C)CCOCCn1c(=S)[nH]c2cc(F)c(Cl)cc21. The summed E-state index contributed by atoms with van der Waals surface area (Å²) >= 11 is 11.1. The normalized spacial score (nSPS) is 11.7. The second-order valence-corrected chi connectivity index (χ2v) is 5.57. The zero-order chi connectivity index (χ0) is 14.7. The number of hydrogen-bond acceptors (Lipinski definition) is 3. The molecule has 0 saturated carbocycles. The standard InChI is InChI=1S/C13H17ClFN3OS/c1-17(2)3-5-19-6-4-18-12-7-9(14)10(15)8-11(12)16-13(18)20/h7-8H,3-6H2,1-2H3,(H,16,20). The fourth-order valence-corrected chi connectivity index (χ4v) is 2.34. The molecule has 0 saturated heterocycles. The Balaban J connectivity index is 2.08. The molecule has 0 aliphatic heterocycles. The van der Waals surface area contributed by atoms with Gasteiger partial charge in [-0.25, -0.2) is 4.39 Å². The van der Waals surface area contributed by atoms with Gasteiger partial charge in [0.1, 0.15) is 5.82 Å². The molecule has 20 heavy (non-hydrogen) atoms. The first-order valence-corrected chi connectivity index (χ1v) is 7.07. The number of nitrogens with zero attached hydrogens (tertiary/aromatic N) is 2. The summed E-state index contributed by atoms with van der Waals surface area (Å²) in [5.41, 5.74) is 1.43. The maximum absolute atomic E-state index is 13.4. The zero-order valence-electron chi connectivity index (χ0n) is 11.4. The van der Waals surface area contributed by atoms with Gasteiger partial charge in [-0.1, -0.05) is 11.6 Å². The highest BCUT2D eigenvalue weighted by molar-refractivity contribution is 7.71. The van der Waals surface area contributed by atoms with Gasteiger partial charge in [-0.2, -0.15) is 0 Å². The first-order chi connectivity index (χ1) is 9.49. The number of ether oxygens (including phenoxy) is 1. The lowest BCUT2D eigenvalue weighted by molar-refractivity contribution is 0.111. The number of hydrogen-bond donors (Lipinski definition) is 1. The zero-order valence-corrected chi connectivity index (χ0v) is 13.0. The number of H-pyrrole nitrogens is 1. The molecule has 0 radical (unpaired) electrons. The number of aromatic amines is 1. The van der Waals surface area contributed by atoms with Crippen molar-refractivity contribution < 1.29 is 9.13 Å². The van der Waals surface area contributed by atoms with Crippen molar-refractivity contribution >= 4 is 34.9 Å². The molecule has 4 nitrogen and oxygen atoms in total. The van der Waals surface area contributed by atoms with E-state index in [2.05, 4.69) is 9.88 Å². The van der Waals surface area contributed by atoms with E-state index in [9.17, 15) is 4.39 Å². The third kappa shape index (κ3) is 3.58. The lowest BCUT2D eigenvalue weighted by atomic mass is 10.3. The summed E-state index contributed by atoms with van der Waals surface area (Å²) in [7, 11) is 3.99. The van der Waals surface area contributed by atoms with Crippen LogP contribution in [0.4, 0.5) is 4.39 Å². The van der Waals surface area contributed by atoms with E-state index < -0.39 is 5.82 Å². The fraction of sp³-hybridized carbons (Fsp3) is 0.462. The average molecular weight is 318 g/mol. The van der Waals surface area contributed by atoms with Gasteiger partial charge in [-0.05, 0) is 32.4 Å². The van der Waals surface area contributed by atoms with E-state index in [1.54, 1.807) is 6.07 Å². The molecule has 1 aromatic heterocycles. The van der Waals surface area contributed by atoms with Gasteiger partial charge in [0.2, 0.25) is 0 Å². The lowest BCUT2D eigenvalue weighted by Gasteiger charge is -2.10. The van der Waals surface area contributed by atoms with E-state index in [1.807, 2.05) is 18.7 Å². The van der Waals surface area contributed by atoms with Crippen LogP contribution in [-0.4, -0.2) is 48.3 Å². The fourth-order valence-electron chi connectivity index (χ4n) is 1.88. The molecule has 2 rings (SSSR count). The van der Waals surface area contributed by atoms with Crippen LogP contribution in [0.25, 0.3) is 11.0 Å².